The second kappa shape index (κ2) is 5.57. The standard InChI is InChI=1S/C13H19NO3/c1-4-8(2)9(3)14-13(17)10-5-6-11(15)12(16)7-10/h5-9,15-16H,4H2,1-3H3,(H,14,17). The molecular formula is C13H19NO3. The molecule has 17 heavy (non-hydrogen) atoms. The van der Waals surface area contributed by atoms with Crippen molar-refractivity contribution >= 4 is 5.91 Å². The van der Waals surface area contributed by atoms with Crippen molar-refractivity contribution in [2.45, 2.75) is 33.2 Å². The molecule has 3 N–H and O–H groups in total. The number of nitrogens with one attached hydrogen (secondary N) is 1. The Morgan fingerprint density at radius 3 is 2.47 bits per heavy atom. The first-order chi connectivity index (χ1) is 7.95. The van der Waals surface area contributed by atoms with Crippen LogP contribution in [0.5, 0.6) is 11.5 Å². The molecule has 94 valence electrons. The van der Waals surface area contributed by atoms with Crippen LogP contribution in [0.15, 0.2) is 18.2 Å². The Morgan fingerprint density at radius 1 is 1.29 bits per heavy atom. The van der Waals surface area contributed by atoms with Gasteiger partial charge in [-0.1, -0.05) is 20.3 Å². The number of amides is 1. The Morgan fingerprint density at radius 2 is 1.94 bits per heavy atom. The molecule has 0 saturated heterocycles. The van der Waals surface area contributed by atoms with Crippen molar-refractivity contribution in [3.8, 4) is 11.5 Å². The molecule has 0 heterocycles. The van der Waals surface area contributed by atoms with Gasteiger partial charge in [-0.25, -0.2) is 0 Å². The third-order valence-corrected chi connectivity index (χ3v) is 3.09. The molecule has 1 aromatic carbocycles. The van der Waals surface area contributed by atoms with E-state index < -0.39 is 0 Å². The predicted octanol–water partition coefficient (Wildman–Crippen LogP) is 2.26. The lowest BCUT2D eigenvalue weighted by molar-refractivity contribution is 0.0927. The van der Waals surface area contributed by atoms with Gasteiger partial charge in [-0.2, -0.15) is 0 Å². The van der Waals surface area contributed by atoms with Crippen LogP contribution in [0.3, 0.4) is 0 Å². The van der Waals surface area contributed by atoms with Gasteiger partial charge in [-0.15, -0.1) is 0 Å². The Hall–Kier alpha value is -1.71. The lowest BCUT2D eigenvalue weighted by Gasteiger charge is -2.19. The van der Waals surface area contributed by atoms with Crippen molar-refractivity contribution in [3.05, 3.63) is 23.8 Å². The highest BCUT2D eigenvalue weighted by Gasteiger charge is 2.15. The molecule has 2 unspecified atom stereocenters. The molecule has 0 spiro atoms. The molecule has 0 aromatic heterocycles. The van der Waals surface area contributed by atoms with Crippen LogP contribution in [0, 0.1) is 5.92 Å². The van der Waals surface area contributed by atoms with Gasteiger partial charge >= 0.3 is 0 Å². The number of phenols is 2. The first-order valence-electron chi connectivity index (χ1n) is 5.78. The zero-order chi connectivity index (χ0) is 13.0. The number of hydrogen-bond donors (Lipinski definition) is 3. The Kier molecular flexibility index (Phi) is 4.37. The Balaban J connectivity index is 2.73. The van der Waals surface area contributed by atoms with Crippen LogP contribution in [-0.4, -0.2) is 22.2 Å². The van der Waals surface area contributed by atoms with Crippen LogP contribution in [0.2, 0.25) is 0 Å². The van der Waals surface area contributed by atoms with Gasteiger partial charge in [0.15, 0.2) is 11.5 Å². The first kappa shape index (κ1) is 13.4. The van der Waals surface area contributed by atoms with E-state index in [-0.39, 0.29) is 23.4 Å². The minimum absolute atomic E-state index is 0.0726. The van der Waals surface area contributed by atoms with E-state index in [0.29, 0.717) is 11.5 Å². The quantitative estimate of drug-likeness (QED) is 0.703. The second-order valence-electron chi connectivity index (χ2n) is 4.35. The SMILES string of the molecule is CCC(C)C(C)NC(=O)c1ccc(O)c(O)c1. The normalized spacial score (nSPS) is 14.1. The third kappa shape index (κ3) is 3.37. The molecule has 4 heteroatoms. The Labute approximate surface area is 101 Å². The number of hydrogen-bond acceptors (Lipinski definition) is 3. The first-order valence-corrected chi connectivity index (χ1v) is 5.78. The number of carbonyl (C=O) groups excluding carboxylic acids is 1. The number of carbonyl (C=O) groups is 1. The maximum Gasteiger partial charge on any atom is 0.251 e. The largest absolute Gasteiger partial charge is 0.504 e. The van der Waals surface area contributed by atoms with Crippen molar-refractivity contribution in [2.75, 3.05) is 0 Å². The van der Waals surface area contributed by atoms with Gasteiger partial charge in [0, 0.05) is 11.6 Å². The molecule has 4 nitrogen and oxygen atoms in total. The number of phenolic OH excluding ortho intramolecular Hbond substituents is 2. The van der Waals surface area contributed by atoms with Crippen LogP contribution in [0.4, 0.5) is 0 Å². The third-order valence-electron chi connectivity index (χ3n) is 3.09. The maximum absolute atomic E-state index is 11.8. The summed E-state index contributed by atoms with van der Waals surface area (Å²) in [6, 6.07) is 4.11. The molecule has 1 aromatic rings. The lowest BCUT2D eigenvalue weighted by Crippen LogP contribution is -2.36. The fourth-order valence-corrected chi connectivity index (χ4v) is 1.45. The minimum atomic E-state index is -0.283. The van der Waals surface area contributed by atoms with Gasteiger partial charge < -0.3 is 15.5 Å². The highest BCUT2D eigenvalue weighted by atomic mass is 16.3. The van der Waals surface area contributed by atoms with E-state index in [1.54, 1.807) is 0 Å². The van der Waals surface area contributed by atoms with Crippen molar-refractivity contribution in [2.24, 2.45) is 5.92 Å². The molecular weight excluding hydrogens is 218 g/mol. The summed E-state index contributed by atoms with van der Waals surface area (Å²) in [4.78, 5) is 11.8. The number of rotatable bonds is 4. The summed E-state index contributed by atoms with van der Waals surface area (Å²) < 4.78 is 0. The van der Waals surface area contributed by atoms with E-state index in [1.807, 2.05) is 6.92 Å². The van der Waals surface area contributed by atoms with E-state index in [1.165, 1.54) is 18.2 Å². The summed E-state index contributed by atoms with van der Waals surface area (Å²) in [5, 5.41) is 21.3. The van der Waals surface area contributed by atoms with Crippen LogP contribution >= 0.6 is 0 Å². The second-order valence-corrected chi connectivity index (χ2v) is 4.35. The van der Waals surface area contributed by atoms with Crippen molar-refractivity contribution in [1.29, 1.82) is 0 Å². The molecule has 0 saturated carbocycles. The summed E-state index contributed by atoms with van der Waals surface area (Å²) in [6.45, 7) is 6.09. The van der Waals surface area contributed by atoms with Crippen molar-refractivity contribution < 1.29 is 15.0 Å². The zero-order valence-corrected chi connectivity index (χ0v) is 10.4. The fourth-order valence-electron chi connectivity index (χ4n) is 1.45. The van der Waals surface area contributed by atoms with Crippen molar-refractivity contribution in [1.82, 2.24) is 5.32 Å². The van der Waals surface area contributed by atoms with Crippen LogP contribution in [-0.2, 0) is 0 Å². The van der Waals surface area contributed by atoms with E-state index in [2.05, 4.69) is 19.2 Å². The topological polar surface area (TPSA) is 69.6 Å². The van der Waals surface area contributed by atoms with Gasteiger partial charge in [-0.3, -0.25) is 4.79 Å². The zero-order valence-electron chi connectivity index (χ0n) is 10.4. The molecule has 0 aliphatic rings. The van der Waals surface area contributed by atoms with Crippen LogP contribution < -0.4 is 5.32 Å². The highest BCUT2D eigenvalue weighted by molar-refractivity contribution is 5.95. The molecule has 0 radical (unpaired) electrons. The smallest absolute Gasteiger partial charge is 0.251 e. The highest BCUT2D eigenvalue weighted by Crippen LogP contribution is 2.24. The minimum Gasteiger partial charge on any atom is -0.504 e. The van der Waals surface area contributed by atoms with Crippen LogP contribution in [0.1, 0.15) is 37.6 Å². The van der Waals surface area contributed by atoms with Gasteiger partial charge in [0.1, 0.15) is 0 Å². The maximum atomic E-state index is 11.8. The summed E-state index contributed by atoms with van der Waals surface area (Å²) >= 11 is 0. The van der Waals surface area contributed by atoms with Crippen molar-refractivity contribution in [3.63, 3.8) is 0 Å². The fraction of sp³-hybridized carbons (Fsp3) is 0.462. The van der Waals surface area contributed by atoms with E-state index in [9.17, 15) is 9.90 Å². The average Bonchev–Trinajstić information content (AvgIpc) is 2.31. The van der Waals surface area contributed by atoms with Gasteiger partial charge in [0.25, 0.3) is 5.91 Å². The molecule has 0 aliphatic heterocycles. The molecule has 1 amide bonds. The van der Waals surface area contributed by atoms with Crippen LogP contribution in [0.25, 0.3) is 0 Å². The number of aromatic hydroxyl groups is 2. The summed E-state index contributed by atoms with van der Waals surface area (Å²) in [5.74, 6) is -0.358. The van der Waals surface area contributed by atoms with E-state index in [4.69, 9.17) is 5.11 Å². The average molecular weight is 237 g/mol. The van der Waals surface area contributed by atoms with Gasteiger partial charge in [-0.05, 0) is 31.0 Å². The summed E-state index contributed by atoms with van der Waals surface area (Å²) in [6.07, 6.45) is 0.988. The monoisotopic (exact) mass is 237 g/mol. The molecule has 1 rings (SSSR count). The van der Waals surface area contributed by atoms with Gasteiger partial charge in [0.2, 0.25) is 0 Å². The van der Waals surface area contributed by atoms with Gasteiger partial charge in [0.05, 0.1) is 0 Å². The molecule has 0 fully saturated rings. The van der Waals surface area contributed by atoms with E-state index in [0.717, 1.165) is 6.42 Å². The summed E-state index contributed by atoms with van der Waals surface area (Å²) in [7, 11) is 0. The molecule has 0 aliphatic carbocycles. The predicted molar refractivity (Wildman–Crippen MR) is 66.2 cm³/mol. The van der Waals surface area contributed by atoms with E-state index >= 15 is 0 Å². The number of benzene rings is 1. The molecule has 0 bridgehead atoms. The Bertz CT molecular complexity index is 404. The molecule has 2 atom stereocenters. The summed E-state index contributed by atoms with van der Waals surface area (Å²) in [5.41, 5.74) is 0.343. The lowest BCUT2D eigenvalue weighted by atomic mass is 10.0.